The zero-order valence-corrected chi connectivity index (χ0v) is 13.2. The van der Waals surface area contributed by atoms with Crippen molar-refractivity contribution in [3.05, 3.63) is 54.1 Å². The first kappa shape index (κ1) is 16.2. The van der Waals surface area contributed by atoms with Gasteiger partial charge in [0.2, 0.25) is 0 Å². The summed E-state index contributed by atoms with van der Waals surface area (Å²) in [4.78, 5) is 0. The van der Waals surface area contributed by atoms with Crippen LogP contribution in [0.5, 0.6) is 11.5 Å². The predicted octanol–water partition coefficient (Wildman–Crippen LogP) is 3.38. The van der Waals surface area contributed by atoms with Gasteiger partial charge in [0.1, 0.15) is 18.1 Å². The van der Waals surface area contributed by atoms with Crippen LogP contribution in [-0.2, 0) is 11.2 Å². The number of hydrogen-bond donors (Lipinski definition) is 1. The molecule has 22 heavy (non-hydrogen) atoms. The van der Waals surface area contributed by atoms with Crippen molar-refractivity contribution in [1.82, 2.24) is 0 Å². The molecule has 0 heterocycles. The van der Waals surface area contributed by atoms with E-state index in [0.717, 1.165) is 30.2 Å². The van der Waals surface area contributed by atoms with Crippen molar-refractivity contribution in [2.75, 3.05) is 39.3 Å². The molecule has 4 nitrogen and oxygen atoms in total. The maximum atomic E-state index is 5.53. The highest BCUT2D eigenvalue weighted by molar-refractivity contribution is 5.46. The minimum absolute atomic E-state index is 0.570. The fraction of sp³-hybridized carbons (Fsp3) is 0.333. The minimum Gasteiger partial charge on any atom is -0.497 e. The molecule has 0 bridgehead atoms. The summed E-state index contributed by atoms with van der Waals surface area (Å²) in [5.74, 6) is 1.75. The largest absolute Gasteiger partial charge is 0.497 e. The summed E-state index contributed by atoms with van der Waals surface area (Å²) in [5.41, 5.74) is 2.38. The smallest absolute Gasteiger partial charge is 0.119 e. The van der Waals surface area contributed by atoms with Crippen LogP contribution in [0.15, 0.2) is 48.5 Å². The molecule has 4 heteroatoms. The highest BCUT2D eigenvalue weighted by Crippen LogP contribution is 2.16. The van der Waals surface area contributed by atoms with Crippen LogP contribution in [0, 0.1) is 0 Å². The molecule has 1 N–H and O–H groups in total. The van der Waals surface area contributed by atoms with Gasteiger partial charge < -0.3 is 19.5 Å². The van der Waals surface area contributed by atoms with Crippen LogP contribution in [0.1, 0.15) is 5.56 Å². The van der Waals surface area contributed by atoms with Gasteiger partial charge in [0.25, 0.3) is 0 Å². The van der Waals surface area contributed by atoms with Crippen LogP contribution in [0.25, 0.3) is 0 Å². The number of nitrogens with one attached hydrogen (secondary N) is 1. The normalized spacial score (nSPS) is 10.3. The Bertz CT molecular complexity index is 537. The Kier molecular flexibility index (Phi) is 6.58. The topological polar surface area (TPSA) is 39.7 Å². The maximum Gasteiger partial charge on any atom is 0.119 e. The lowest BCUT2D eigenvalue weighted by molar-refractivity contribution is 0.146. The predicted molar refractivity (Wildman–Crippen MR) is 89.0 cm³/mol. The van der Waals surface area contributed by atoms with Gasteiger partial charge in [-0.05, 0) is 48.4 Å². The third kappa shape index (κ3) is 5.30. The summed E-state index contributed by atoms with van der Waals surface area (Å²) in [6, 6.07) is 16.1. The van der Waals surface area contributed by atoms with Crippen LogP contribution >= 0.6 is 0 Å². The van der Waals surface area contributed by atoms with E-state index < -0.39 is 0 Å². The summed E-state index contributed by atoms with van der Waals surface area (Å²) in [6.45, 7) is 2.05. The van der Waals surface area contributed by atoms with Crippen molar-refractivity contribution in [2.45, 2.75) is 6.42 Å². The molecule has 0 aliphatic heterocycles. The van der Waals surface area contributed by atoms with Gasteiger partial charge in [-0.2, -0.15) is 0 Å². The second-order valence-electron chi connectivity index (χ2n) is 4.89. The third-order valence-electron chi connectivity index (χ3n) is 3.31. The molecule has 0 unspecified atom stereocenters. The van der Waals surface area contributed by atoms with E-state index in [1.54, 1.807) is 14.2 Å². The quantitative estimate of drug-likeness (QED) is 0.721. The molecule has 0 aromatic heterocycles. The Morgan fingerprint density at radius 2 is 1.50 bits per heavy atom. The molecule has 0 atom stereocenters. The molecule has 0 fully saturated rings. The number of rotatable bonds is 9. The maximum absolute atomic E-state index is 5.53. The van der Waals surface area contributed by atoms with Crippen molar-refractivity contribution in [3.63, 3.8) is 0 Å². The van der Waals surface area contributed by atoms with Gasteiger partial charge >= 0.3 is 0 Å². The van der Waals surface area contributed by atoms with Crippen molar-refractivity contribution >= 4 is 5.69 Å². The van der Waals surface area contributed by atoms with Gasteiger partial charge in [-0.25, -0.2) is 0 Å². The van der Waals surface area contributed by atoms with Crippen LogP contribution in [0.3, 0.4) is 0 Å². The number of anilines is 1. The molecule has 0 amide bonds. The van der Waals surface area contributed by atoms with Gasteiger partial charge in [-0.1, -0.05) is 12.1 Å². The third-order valence-corrected chi connectivity index (χ3v) is 3.31. The van der Waals surface area contributed by atoms with Crippen LogP contribution in [0.2, 0.25) is 0 Å². The molecule has 0 radical (unpaired) electrons. The highest BCUT2D eigenvalue weighted by Gasteiger charge is 1.97. The van der Waals surface area contributed by atoms with Gasteiger partial charge in [-0.3, -0.25) is 0 Å². The Morgan fingerprint density at radius 1 is 0.818 bits per heavy atom. The molecule has 2 aromatic carbocycles. The molecule has 0 spiro atoms. The first-order chi connectivity index (χ1) is 10.8. The number of methoxy groups -OCH3 is 2. The van der Waals surface area contributed by atoms with Gasteiger partial charge in [0.05, 0.1) is 13.7 Å². The Hall–Kier alpha value is -2.20. The molecule has 0 aliphatic carbocycles. The van der Waals surface area contributed by atoms with E-state index in [2.05, 4.69) is 17.4 Å². The van der Waals surface area contributed by atoms with Gasteiger partial charge in [0, 0.05) is 19.3 Å². The molecule has 0 saturated carbocycles. The van der Waals surface area contributed by atoms with Gasteiger partial charge in [-0.15, -0.1) is 0 Å². The van der Waals surface area contributed by atoms with E-state index in [1.807, 2.05) is 36.4 Å². The molecule has 2 aromatic rings. The number of ether oxygens (including phenoxy) is 3. The standard InChI is InChI=1S/C18H23NO3/c1-20-13-14-22-18-9-5-16(6-10-18)19-12-11-15-3-7-17(21-2)8-4-15/h3-10,19H,11-14H2,1-2H3. The summed E-state index contributed by atoms with van der Waals surface area (Å²) >= 11 is 0. The summed E-state index contributed by atoms with van der Waals surface area (Å²) in [6.07, 6.45) is 0.968. The van der Waals surface area contributed by atoms with Crippen LogP contribution < -0.4 is 14.8 Å². The first-order valence-corrected chi connectivity index (χ1v) is 7.40. The van der Waals surface area contributed by atoms with Crippen molar-refractivity contribution in [1.29, 1.82) is 0 Å². The number of benzene rings is 2. The fourth-order valence-electron chi connectivity index (χ4n) is 2.06. The lowest BCUT2D eigenvalue weighted by atomic mass is 10.1. The van der Waals surface area contributed by atoms with Crippen molar-refractivity contribution in [3.8, 4) is 11.5 Å². The zero-order valence-electron chi connectivity index (χ0n) is 13.2. The van der Waals surface area contributed by atoms with Crippen molar-refractivity contribution in [2.24, 2.45) is 0 Å². The molecule has 118 valence electrons. The van der Waals surface area contributed by atoms with Crippen LogP contribution in [0.4, 0.5) is 5.69 Å². The van der Waals surface area contributed by atoms with Crippen molar-refractivity contribution < 1.29 is 14.2 Å². The number of hydrogen-bond acceptors (Lipinski definition) is 4. The monoisotopic (exact) mass is 301 g/mol. The van der Waals surface area contributed by atoms with E-state index >= 15 is 0 Å². The molecular weight excluding hydrogens is 278 g/mol. The average Bonchev–Trinajstić information content (AvgIpc) is 2.57. The Balaban J connectivity index is 1.74. The second kappa shape index (κ2) is 8.95. The molecular formula is C18H23NO3. The highest BCUT2D eigenvalue weighted by atomic mass is 16.5. The second-order valence-corrected chi connectivity index (χ2v) is 4.89. The Labute approximate surface area is 132 Å². The molecule has 0 aliphatic rings. The first-order valence-electron chi connectivity index (χ1n) is 7.40. The van der Waals surface area contributed by atoms with E-state index in [9.17, 15) is 0 Å². The minimum atomic E-state index is 0.570. The summed E-state index contributed by atoms with van der Waals surface area (Å²) in [5, 5.41) is 3.40. The van der Waals surface area contributed by atoms with E-state index in [4.69, 9.17) is 14.2 Å². The lowest BCUT2D eigenvalue weighted by Gasteiger charge is -2.09. The summed E-state index contributed by atoms with van der Waals surface area (Å²) in [7, 11) is 3.35. The van der Waals surface area contributed by atoms with Gasteiger partial charge in [0.15, 0.2) is 0 Å². The average molecular weight is 301 g/mol. The Morgan fingerprint density at radius 3 is 2.14 bits per heavy atom. The van der Waals surface area contributed by atoms with E-state index in [-0.39, 0.29) is 0 Å². The summed E-state index contributed by atoms with van der Waals surface area (Å²) < 4.78 is 15.6. The molecule has 0 saturated heterocycles. The fourth-order valence-corrected chi connectivity index (χ4v) is 2.06. The van der Waals surface area contributed by atoms with E-state index in [1.165, 1.54) is 5.56 Å². The lowest BCUT2D eigenvalue weighted by Crippen LogP contribution is -2.06. The van der Waals surface area contributed by atoms with Crippen LogP contribution in [-0.4, -0.2) is 34.0 Å². The van der Waals surface area contributed by atoms with E-state index in [0.29, 0.717) is 13.2 Å². The molecule has 2 rings (SSSR count). The zero-order chi connectivity index (χ0) is 15.6. The SMILES string of the molecule is COCCOc1ccc(NCCc2ccc(OC)cc2)cc1.